The number of fused-ring (bicyclic) bond motifs is 12. The van der Waals surface area contributed by atoms with E-state index in [1.165, 1.54) is 67.2 Å². The highest BCUT2D eigenvalue weighted by molar-refractivity contribution is 5.92. The molecule has 1 aromatic rings. The van der Waals surface area contributed by atoms with E-state index in [1.54, 1.807) is 7.11 Å². The van der Waals surface area contributed by atoms with E-state index < -0.39 is 5.60 Å². The fraction of sp³-hybridized carbons (Fsp3) is 0.702. The fourth-order valence-electron chi connectivity index (χ4n) is 15.2. The Morgan fingerprint density at radius 2 is 1.69 bits per heavy atom. The Morgan fingerprint density at radius 1 is 0.922 bits per heavy atom. The number of benzene rings is 1. The number of hydrogen-bond donors (Lipinski definition) is 1. The standard InChI is InChI=1S/C26H36O2.C21H26O2/c1-16-13-20-21(24(3)11-8-19(28)15-22(16)24)9-12-25(4)23(20)14-18-7-5-6-10-26(18,25)17(2)27;1-4-21(22)12-10-19-18-7-5-14-13-15(23-3)6-8-16(14)17(18)9-11-20(19,21)2/h13,15,18,20-21,23H,5-12,14H2,1-4H3;1,6,8,13,17-19,22H,5,7,9-12H2,2-3H3/t18-,20-,21+,23+,24-,25+,26+;17-,18-,19+,20+,21+/m11/s1. The molecule has 0 heterocycles. The van der Waals surface area contributed by atoms with E-state index >= 15 is 0 Å². The van der Waals surface area contributed by atoms with Crippen LogP contribution in [0.2, 0.25) is 0 Å². The number of aryl methyl sites for hydroxylation is 1. The molecule has 0 bridgehead atoms. The van der Waals surface area contributed by atoms with E-state index in [4.69, 9.17) is 11.2 Å². The molecule has 1 aromatic carbocycles. The van der Waals surface area contributed by atoms with Crippen LogP contribution in [0.1, 0.15) is 142 Å². The lowest BCUT2D eigenvalue weighted by Crippen LogP contribution is -2.54. The predicted octanol–water partition coefficient (Wildman–Crippen LogP) is 9.98. The molecule has 0 amide bonds. The Balaban J connectivity index is 0.000000150. The van der Waals surface area contributed by atoms with Gasteiger partial charge in [0.1, 0.15) is 17.1 Å². The summed E-state index contributed by atoms with van der Waals surface area (Å²) in [6.45, 7) is 11.3. The molecule has 0 aromatic heterocycles. The number of aliphatic hydroxyl groups is 1. The van der Waals surface area contributed by atoms with Crippen molar-refractivity contribution in [2.75, 3.05) is 7.11 Å². The molecule has 8 aliphatic carbocycles. The SMILES string of the molecule is C#C[C@]1(O)CC[C@H]2[C@@H]3CCc4cc(OC)ccc4[C@H]3CC[C@@]21C.CC(=O)[C@@]12CCCC[C@@H]1C[C@H]1[C@@H]3C=C(C)C4=CC(=O)CC[C@]4(C)[C@H]3CC[C@@]12C. The highest BCUT2D eigenvalue weighted by atomic mass is 16.5. The van der Waals surface area contributed by atoms with E-state index in [-0.39, 0.29) is 21.7 Å². The molecule has 12 atom stereocenters. The Morgan fingerprint density at radius 3 is 2.43 bits per heavy atom. The number of Topliss-reactive ketones (excluding diaryl/α,β-unsaturated/α-hetero) is 1. The minimum Gasteiger partial charge on any atom is -0.497 e. The lowest BCUT2D eigenvalue weighted by molar-refractivity contribution is -0.145. The number of carbonyl (C=O) groups excluding carboxylic acids is 2. The molecule has 0 saturated heterocycles. The Labute approximate surface area is 307 Å². The van der Waals surface area contributed by atoms with Gasteiger partial charge in [0.25, 0.3) is 0 Å². The van der Waals surface area contributed by atoms with Gasteiger partial charge in [-0.15, -0.1) is 6.42 Å². The van der Waals surface area contributed by atoms with Gasteiger partial charge in [0, 0.05) is 17.3 Å². The van der Waals surface area contributed by atoms with Crippen molar-refractivity contribution >= 4 is 11.6 Å². The van der Waals surface area contributed by atoms with Gasteiger partial charge in [-0.3, -0.25) is 9.59 Å². The second-order valence-electron chi connectivity index (χ2n) is 19.2. The van der Waals surface area contributed by atoms with E-state index in [0.717, 1.165) is 50.7 Å². The van der Waals surface area contributed by atoms with Crippen LogP contribution in [0.25, 0.3) is 0 Å². The van der Waals surface area contributed by atoms with E-state index in [9.17, 15) is 14.7 Å². The summed E-state index contributed by atoms with van der Waals surface area (Å²) in [5.41, 5.74) is 4.87. The molecule has 5 fully saturated rings. The van der Waals surface area contributed by atoms with Gasteiger partial charge in [-0.1, -0.05) is 57.2 Å². The Kier molecular flexibility index (Phi) is 8.46. The molecule has 0 spiro atoms. The van der Waals surface area contributed by atoms with Crippen molar-refractivity contribution in [1.82, 2.24) is 0 Å². The number of rotatable bonds is 2. The van der Waals surface area contributed by atoms with Crippen molar-refractivity contribution in [3.63, 3.8) is 0 Å². The quantitative estimate of drug-likeness (QED) is 0.314. The normalized spacial score (nSPS) is 46.1. The summed E-state index contributed by atoms with van der Waals surface area (Å²) >= 11 is 0. The second-order valence-corrected chi connectivity index (χ2v) is 19.2. The third kappa shape index (κ3) is 4.81. The average molecular weight is 691 g/mol. The number of ether oxygens (including phenoxy) is 1. The van der Waals surface area contributed by atoms with Crippen molar-refractivity contribution in [3.8, 4) is 18.1 Å². The zero-order valence-corrected chi connectivity index (χ0v) is 32.3. The second kappa shape index (κ2) is 12.2. The highest BCUT2D eigenvalue weighted by Gasteiger charge is 2.69. The van der Waals surface area contributed by atoms with Crippen LogP contribution >= 0.6 is 0 Å². The lowest BCUT2D eigenvalue weighted by atomic mass is 9.44. The summed E-state index contributed by atoms with van der Waals surface area (Å²) in [7, 11) is 1.73. The maximum atomic E-state index is 13.2. The molecular weight excluding hydrogens is 629 g/mol. The Bertz CT molecular complexity index is 1730. The van der Waals surface area contributed by atoms with Gasteiger partial charge >= 0.3 is 0 Å². The van der Waals surface area contributed by atoms with Gasteiger partial charge in [0.15, 0.2) is 5.78 Å². The number of carbonyl (C=O) groups is 2. The monoisotopic (exact) mass is 690 g/mol. The molecule has 5 saturated carbocycles. The van der Waals surface area contributed by atoms with E-state index in [2.05, 4.69) is 57.9 Å². The first-order valence-corrected chi connectivity index (χ1v) is 20.6. The van der Waals surface area contributed by atoms with Crippen LogP contribution in [0, 0.1) is 69.5 Å². The molecule has 274 valence electrons. The van der Waals surface area contributed by atoms with Gasteiger partial charge < -0.3 is 9.84 Å². The molecule has 9 rings (SSSR count). The van der Waals surface area contributed by atoms with Crippen molar-refractivity contribution in [2.45, 2.75) is 142 Å². The van der Waals surface area contributed by atoms with Crippen LogP contribution < -0.4 is 4.74 Å². The molecule has 0 unspecified atom stereocenters. The number of allylic oxidation sites excluding steroid dienone is 4. The van der Waals surface area contributed by atoms with Crippen LogP contribution in [-0.2, 0) is 16.0 Å². The van der Waals surface area contributed by atoms with Gasteiger partial charge in [-0.25, -0.2) is 0 Å². The van der Waals surface area contributed by atoms with E-state index in [0.29, 0.717) is 59.4 Å². The topological polar surface area (TPSA) is 63.6 Å². The van der Waals surface area contributed by atoms with Crippen LogP contribution in [0.5, 0.6) is 5.75 Å². The third-order valence-corrected chi connectivity index (χ3v) is 17.8. The van der Waals surface area contributed by atoms with Crippen LogP contribution in [0.15, 0.2) is 41.5 Å². The van der Waals surface area contributed by atoms with E-state index in [1.807, 2.05) is 13.0 Å². The van der Waals surface area contributed by atoms with Crippen molar-refractivity contribution in [1.29, 1.82) is 0 Å². The number of terminal acetylenes is 1. The minimum atomic E-state index is -0.900. The van der Waals surface area contributed by atoms with Crippen molar-refractivity contribution in [2.24, 2.45) is 57.2 Å². The summed E-state index contributed by atoms with van der Waals surface area (Å²) < 4.78 is 5.39. The summed E-state index contributed by atoms with van der Waals surface area (Å²) in [6, 6.07) is 6.59. The zero-order valence-electron chi connectivity index (χ0n) is 32.3. The molecule has 0 aliphatic heterocycles. The summed E-state index contributed by atoms with van der Waals surface area (Å²) in [5.74, 6) is 8.78. The van der Waals surface area contributed by atoms with Gasteiger partial charge in [-0.2, -0.15) is 0 Å². The molecule has 0 radical (unpaired) electrons. The molecule has 4 nitrogen and oxygen atoms in total. The summed E-state index contributed by atoms with van der Waals surface area (Å²) in [6.07, 6.45) is 26.8. The van der Waals surface area contributed by atoms with Crippen LogP contribution in [0.3, 0.4) is 0 Å². The summed E-state index contributed by atoms with van der Waals surface area (Å²) in [4.78, 5) is 25.3. The van der Waals surface area contributed by atoms with Crippen LogP contribution in [0.4, 0.5) is 0 Å². The smallest absolute Gasteiger partial charge is 0.156 e. The first kappa shape index (κ1) is 35.4. The fourth-order valence-corrected chi connectivity index (χ4v) is 15.2. The summed E-state index contributed by atoms with van der Waals surface area (Å²) in [5, 5.41) is 11.0. The van der Waals surface area contributed by atoms with Crippen molar-refractivity contribution < 1.29 is 19.4 Å². The first-order valence-electron chi connectivity index (χ1n) is 20.6. The Hall–Kier alpha value is -2.64. The maximum absolute atomic E-state index is 13.2. The lowest BCUT2D eigenvalue weighted by Gasteiger charge is -2.59. The average Bonchev–Trinajstić information content (AvgIpc) is 3.57. The number of methoxy groups -OCH3 is 1. The first-order chi connectivity index (χ1) is 24.3. The number of ketones is 2. The van der Waals surface area contributed by atoms with Gasteiger partial charge in [0.2, 0.25) is 0 Å². The number of hydrogen-bond acceptors (Lipinski definition) is 4. The largest absolute Gasteiger partial charge is 0.497 e. The highest BCUT2D eigenvalue weighted by Crippen LogP contribution is 2.73. The molecule has 1 N–H and O–H groups in total. The molecule has 51 heavy (non-hydrogen) atoms. The predicted molar refractivity (Wildman–Crippen MR) is 203 cm³/mol. The molecule has 4 heteroatoms. The van der Waals surface area contributed by atoms with Gasteiger partial charge in [0.05, 0.1) is 7.11 Å². The van der Waals surface area contributed by atoms with Gasteiger partial charge in [-0.05, 0) is 178 Å². The zero-order chi connectivity index (χ0) is 36.1. The van der Waals surface area contributed by atoms with Crippen LogP contribution in [-0.4, -0.2) is 29.4 Å². The van der Waals surface area contributed by atoms with Crippen molar-refractivity contribution in [3.05, 3.63) is 52.6 Å². The minimum absolute atomic E-state index is 0.0673. The maximum Gasteiger partial charge on any atom is 0.156 e. The molecule has 8 aliphatic rings. The third-order valence-electron chi connectivity index (χ3n) is 17.8. The molecular formula is C47H62O4.